The standard InChI is InChI=1S/C11H17NO2Si/c1-11(2,10(13)14)12(3)15-9-7-5-4-6-8-9/h4-8H,15H2,1-3H3,(H,13,14). The van der Waals surface area contributed by atoms with Gasteiger partial charge in [-0.2, -0.15) is 0 Å². The van der Waals surface area contributed by atoms with Gasteiger partial charge in [-0.3, -0.25) is 4.79 Å². The van der Waals surface area contributed by atoms with Crippen LogP contribution < -0.4 is 5.19 Å². The Kier molecular flexibility index (Phi) is 3.65. The second-order valence-electron chi connectivity index (χ2n) is 4.21. The first-order chi connectivity index (χ1) is 6.94. The molecule has 0 amide bonds. The third-order valence-corrected chi connectivity index (χ3v) is 4.84. The van der Waals surface area contributed by atoms with E-state index in [0.717, 1.165) is 0 Å². The van der Waals surface area contributed by atoms with Gasteiger partial charge in [-0.25, -0.2) is 0 Å². The van der Waals surface area contributed by atoms with E-state index < -0.39 is 21.2 Å². The number of hydrogen-bond donors (Lipinski definition) is 1. The zero-order valence-electron chi connectivity index (χ0n) is 9.40. The Morgan fingerprint density at radius 1 is 1.33 bits per heavy atom. The predicted octanol–water partition coefficient (Wildman–Crippen LogP) is 0.191. The third-order valence-electron chi connectivity index (χ3n) is 2.74. The highest BCUT2D eigenvalue weighted by atomic mass is 28.2. The Morgan fingerprint density at radius 2 is 1.87 bits per heavy atom. The number of carboxylic acid groups (broad SMARTS) is 1. The summed E-state index contributed by atoms with van der Waals surface area (Å²) in [6.07, 6.45) is 0. The van der Waals surface area contributed by atoms with Gasteiger partial charge in [0.15, 0.2) is 0 Å². The second kappa shape index (κ2) is 4.59. The van der Waals surface area contributed by atoms with Crippen LogP contribution in [-0.4, -0.2) is 37.9 Å². The summed E-state index contributed by atoms with van der Waals surface area (Å²) in [5, 5.41) is 10.3. The molecule has 0 saturated carbocycles. The van der Waals surface area contributed by atoms with Gasteiger partial charge in [-0.05, 0) is 26.1 Å². The van der Waals surface area contributed by atoms with Gasteiger partial charge in [0.25, 0.3) is 0 Å². The number of hydrogen-bond acceptors (Lipinski definition) is 2. The van der Waals surface area contributed by atoms with E-state index in [1.54, 1.807) is 13.8 Å². The fraction of sp³-hybridized carbons (Fsp3) is 0.364. The van der Waals surface area contributed by atoms with E-state index in [4.69, 9.17) is 5.11 Å². The molecule has 0 heterocycles. The largest absolute Gasteiger partial charge is 0.480 e. The van der Waals surface area contributed by atoms with E-state index in [2.05, 4.69) is 12.1 Å². The van der Waals surface area contributed by atoms with Crippen molar-refractivity contribution in [2.75, 3.05) is 7.05 Å². The summed E-state index contributed by atoms with van der Waals surface area (Å²) in [5.74, 6) is -0.770. The number of nitrogens with zero attached hydrogens (tertiary/aromatic N) is 1. The van der Waals surface area contributed by atoms with Crippen LogP contribution in [0.4, 0.5) is 0 Å². The van der Waals surface area contributed by atoms with Gasteiger partial charge in [0, 0.05) is 0 Å². The average molecular weight is 223 g/mol. The zero-order chi connectivity index (χ0) is 11.5. The fourth-order valence-corrected chi connectivity index (χ4v) is 2.78. The van der Waals surface area contributed by atoms with Crippen LogP contribution in [0.5, 0.6) is 0 Å². The summed E-state index contributed by atoms with van der Waals surface area (Å²) in [7, 11) is 1.20. The third kappa shape index (κ3) is 2.91. The zero-order valence-corrected chi connectivity index (χ0v) is 10.8. The highest BCUT2D eigenvalue weighted by molar-refractivity contribution is 6.51. The summed E-state index contributed by atoms with van der Waals surface area (Å²) in [6, 6.07) is 10.1. The fourth-order valence-electron chi connectivity index (χ4n) is 1.22. The summed E-state index contributed by atoms with van der Waals surface area (Å²) in [5.41, 5.74) is -0.776. The molecule has 15 heavy (non-hydrogen) atoms. The molecule has 0 saturated heterocycles. The van der Waals surface area contributed by atoms with Crippen molar-refractivity contribution in [3.05, 3.63) is 30.3 Å². The minimum atomic E-state index is -0.776. The molecule has 0 unspecified atom stereocenters. The van der Waals surface area contributed by atoms with Crippen LogP contribution in [0.25, 0.3) is 0 Å². The molecule has 0 aromatic heterocycles. The molecule has 0 aliphatic carbocycles. The maximum atomic E-state index is 11.0. The topological polar surface area (TPSA) is 40.5 Å². The van der Waals surface area contributed by atoms with E-state index in [1.807, 2.05) is 29.8 Å². The lowest BCUT2D eigenvalue weighted by molar-refractivity contribution is -0.145. The Labute approximate surface area is 92.6 Å². The Hall–Kier alpha value is -1.13. The monoisotopic (exact) mass is 223 g/mol. The van der Waals surface area contributed by atoms with E-state index in [1.165, 1.54) is 5.19 Å². The molecular formula is C11H17NO2Si. The molecule has 82 valence electrons. The number of aliphatic carboxylic acids is 1. The second-order valence-corrected chi connectivity index (χ2v) is 6.29. The van der Waals surface area contributed by atoms with Crippen molar-refractivity contribution in [1.82, 2.24) is 4.57 Å². The lowest BCUT2D eigenvalue weighted by Gasteiger charge is -2.31. The number of carbonyl (C=O) groups is 1. The minimum absolute atomic E-state index is 0.681. The van der Waals surface area contributed by atoms with Crippen LogP contribution in [0, 0.1) is 0 Å². The lowest BCUT2D eigenvalue weighted by atomic mass is 10.1. The van der Waals surface area contributed by atoms with Gasteiger partial charge in [0.05, 0.1) is 0 Å². The van der Waals surface area contributed by atoms with Gasteiger partial charge in [-0.15, -0.1) is 0 Å². The molecule has 3 nitrogen and oxygen atoms in total. The number of likely N-dealkylation sites (N-methyl/N-ethyl adjacent to an activating group) is 1. The van der Waals surface area contributed by atoms with Crippen molar-refractivity contribution in [2.45, 2.75) is 19.4 Å². The molecule has 0 spiro atoms. The van der Waals surface area contributed by atoms with Crippen LogP contribution >= 0.6 is 0 Å². The Balaban J connectivity index is 2.72. The first kappa shape index (κ1) is 11.9. The first-order valence-corrected chi connectivity index (χ1v) is 6.27. The molecule has 1 rings (SSSR count). The SMILES string of the molecule is CN([SiH2]c1ccccc1)C(C)(C)C(=O)O. The maximum Gasteiger partial charge on any atom is 0.322 e. The van der Waals surface area contributed by atoms with E-state index in [0.29, 0.717) is 0 Å². The molecule has 1 aromatic rings. The molecular weight excluding hydrogens is 206 g/mol. The van der Waals surface area contributed by atoms with Crippen LogP contribution in [0.15, 0.2) is 30.3 Å². The van der Waals surface area contributed by atoms with Gasteiger partial charge in [-0.1, -0.05) is 30.3 Å². The summed E-state index contributed by atoms with van der Waals surface area (Å²) in [6.45, 7) is 3.48. The van der Waals surface area contributed by atoms with E-state index >= 15 is 0 Å². The number of benzene rings is 1. The molecule has 1 N–H and O–H groups in total. The normalized spacial score (nSPS) is 12.5. The minimum Gasteiger partial charge on any atom is -0.480 e. The molecule has 1 aromatic carbocycles. The van der Waals surface area contributed by atoms with Crippen molar-refractivity contribution in [1.29, 1.82) is 0 Å². The van der Waals surface area contributed by atoms with E-state index in [9.17, 15) is 4.79 Å². The summed E-state index contributed by atoms with van der Waals surface area (Å²) in [4.78, 5) is 11.0. The van der Waals surface area contributed by atoms with Crippen molar-refractivity contribution in [3.63, 3.8) is 0 Å². The quantitative estimate of drug-likeness (QED) is 0.741. The number of rotatable bonds is 4. The van der Waals surface area contributed by atoms with Crippen molar-refractivity contribution >= 4 is 20.8 Å². The molecule has 0 aliphatic rings. The van der Waals surface area contributed by atoms with Crippen LogP contribution in [-0.2, 0) is 4.79 Å². The van der Waals surface area contributed by atoms with Gasteiger partial charge in [0.2, 0.25) is 0 Å². The first-order valence-electron chi connectivity index (χ1n) is 4.93. The highest BCUT2D eigenvalue weighted by Crippen LogP contribution is 2.10. The molecule has 0 fully saturated rings. The molecule has 0 radical (unpaired) electrons. The summed E-state index contributed by atoms with van der Waals surface area (Å²) < 4.78 is 1.96. The van der Waals surface area contributed by atoms with Crippen molar-refractivity contribution in [3.8, 4) is 0 Å². The predicted molar refractivity (Wildman–Crippen MR) is 64.1 cm³/mol. The van der Waals surface area contributed by atoms with Crippen LogP contribution in [0.3, 0.4) is 0 Å². The average Bonchev–Trinajstić information content (AvgIpc) is 2.18. The molecule has 0 aliphatic heterocycles. The molecule has 0 bridgehead atoms. The molecule has 4 heteroatoms. The van der Waals surface area contributed by atoms with E-state index in [-0.39, 0.29) is 0 Å². The highest BCUT2D eigenvalue weighted by Gasteiger charge is 2.31. The van der Waals surface area contributed by atoms with Gasteiger partial charge < -0.3 is 9.67 Å². The number of carboxylic acids is 1. The van der Waals surface area contributed by atoms with Crippen molar-refractivity contribution < 1.29 is 9.90 Å². The van der Waals surface area contributed by atoms with Crippen LogP contribution in [0.1, 0.15) is 13.8 Å². The van der Waals surface area contributed by atoms with Crippen molar-refractivity contribution in [2.24, 2.45) is 0 Å². The molecule has 0 atom stereocenters. The smallest absolute Gasteiger partial charge is 0.322 e. The summed E-state index contributed by atoms with van der Waals surface area (Å²) >= 11 is 0. The van der Waals surface area contributed by atoms with Crippen LogP contribution in [0.2, 0.25) is 0 Å². The Morgan fingerprint density at radius 3 is 2.33 bits per heavy atom. The Bertz CT molecular complexity index is 338. The lowest BCUT2D eigenvalue weighted by Crippen LogP contribution is -2.52. The van der Waals surface area contributed by atoms with Gasteiger partial charge >= 0.3 is 5.97 Å². The van der Waals surface area contributed by atoms with Gasteiger partial charge in [0.1, 0.15) is 15.2 Å². The maximum absolute atomic E-state index is 11.0.